The SMILES string of the molecule is Ic1ccc(CC2CC3CCN2CC3)cn1. The van der Waals surface area contributed by atoms with Gasteiger partial charge in [0.2, 0.25) is 0 Å². The summed E-state index contributed by atoms with van der Waals surface area (Å²) in [6.07, 6.45) is 7.51. The second kappa shape index (κ2) is 4.61. The van der Waals surface area contributed by atoms with Gasteiger partial charge in [-0.25, -0.2) is 0 Å². The number of pyridine rings is 1. The fraction of sp³-hybridized carbons (Fsp3) is 0.615. The Morgan fingerprint density at radius 2 is 2.12 bits per heavy atom. The Morgan fingerprint density at radius 3 is 2.69 bits per heavy atom. The van der Waals surface area contributed by atoms with E-state index in [9.17, 15) is 0 Å². The number of nitrogens with zero attached hydrogens (tertiary/aromatic N) is 2. The van der Waals surface area contributed by atoms with Crippen molar-refractivity contribution < 1.29 is 0 Å². The van der Waals surface area contributed by atoms with Gasteiger partial charge in [-0.3, -0.25) is 4.98 Å². The zero-order valence-electron chi connectivity index (χ0n) is 9.40. The predicted octanol–water partition coefficient (Wildman–Crippen LogP) is 2.71. The van der Waals surface area contributed by atoms with Gasteiger partial charge >= 0.3 is 0 Å². The lowest BCUT2D eigenvalue weighted by Crippen LogP contribution is -2.49. The van der Waals surface area contributed by atoms with Gasteiger partial charge in [-0.05, 0) is 78.9 Å². The maximum absolute atomic E-state index is 4.37. The van der Waals surface area contributed by atoms with Crippen LogP contribution < -0.4 is 0 Å². The van der Waals surface area contributed by atoms with Gasteiger partial charge < -0.3 is 4.90 Å². The topological polar surface area (TPSA) is 16.1 Å². The van der Waals surface area contributed by atoms with Crippen LogP contribution >= 0.6 is 22.6 Å². The molecular formula is C13H17IN2. The van der Waals surface area contributed by atoms with Crippen LogP contribution in [0.25, 0.3) is 0 Å². The molecular weight excluding hydrogens is 311 g/mol. The summed E-state index contributed by atoms with van der Waals surface area (Å²) in [6, 6.07) is 5.14. The second-order valence-electron chi connectivity index (χ2n) is 5.06. The van der Waals surface area contributed by atoms with E-state index in [-0.39, 0.29) is 0 Å². The van der Waals surface area contributed by atoms with Crippen LogP contribution in [0, 0.1) is 9.62 Å². The molecule has 0 spiro atoms. The summed E-state index contributed by atoms with van der Waals surface area (Å²) in [5, 5.41) is 0. The summed E-state index contributed by atoms with van der Waals surface area (Å²) in [5.74, 6) is 1.01. The molecule has 0 amide bonds. The number of piperidine rings is 3. The normalized spacial score (nSPS) is 32.9. The van der Waals surface area contributed by atoms with Crippen LogP contribution in [0.4, 0.5) is 0 Å². The van der Waals surface area contributed by atoms with Crippen LogP contribution in [0.3, 0.4) is 0 Å². The summed E-state index contributed by atoms with van der Waals surface area (Å²) in [6.45, 7) is 2.65. The van der Waals surface area contributed by atoms with E-state index in [0.29, 0.717) is 0 Å². The second-order valence-corrected chi connectivity index (χ2v) is 6.17. The molecule has 3 aliphatic rings. The van der Waals surface area contributed by atoms with Crippen molar-refractivity contribution in [1.82, 2.24) is 9.88 Å². The van der Waals surface area contributed by atoms with Crippen LogP contribution in [-0.2, 0) is 6.42 Å². The van der Waals surface area contributed by atoms with Crippen LogP contribution in [0.2, 0.25) is 0 Å². The first-order chi connectivity index (χ1) is 7.81. The van der Waals surface area contributed by atoms with Gasteiger partial charge in [-0.2, -0.15) is 0 Å². The third kappa shape index (κ3) is 2.25. The molecule has 3 aliphatic heterocycles. The Balaban J connectivity index is 1.68. The number of aromatic nitrogens is 1. The number of rotatable bonds is 2. The van der Waals surface area contributed by atoms with Crippen molar-refractivity contribution in [3.8, 4) is 0 Å². The summed E-state index contributed by atoms with van der Waals surface area (Å²) in [5.41, 5.74) is 1.40. The minimum Gasteiger partial charge on any atom is -0.300 e. The molecule has 1 aromatic rings. The monoisotopic (exact) mass is 328 g/mol. The van der Waals surface area contributed by atoms with Crippen molar-refractivity contribution in [1.29, 1.82) is 0 Å². The fourth-order valence-corrected chi connectivity index (χ4v) is 3.42. The Bertz CT molecular complexity index is 355. The molecule has 4 rings (SSSR count). The highest BCUT2D eigenvalue weighted by Gasteiger charge is 2.33. The lowest BCUT2D eigenvalue weighted by Gasteiger charge is -2.45. The largest absolute Gasteiger partial charge is 0.300 e. The van der Waals surface area contributed by atoms with E-state index in [1.165, 1.54) is 44.3 Å². The van der Waals surface area contributed by atoms with Crippen molar-refractivity contribution in [3.05, 3.63) is 27.6 Å². The average molecular weight is 328 g/mol. The molecule has 0 aromatic carbocycles. The molecule has 2 nitrogen and oxygen atoms in total. The summed E-state index contributed by atoms with van der Waals surface area (Å²) < 4.78 is 1.09. The van der Waals surface area contributed by atoms with Crippen molar-refractivity contribution in [3.63, 3.8) is 0 Å². The Morgan fingerprint density at radius 1 is 1.31 bits per heavy atom. The molecule has 0 aliphatic carbocycles. The molecule has 4 heterocycles. The van der Waals surface area contributed by atoms with Crippen LogP contribution in [0.5, 0.6) is 0 Å². The molecule has 1 unspecified atom stereocenters. The van der Waals surface area contributed by atoms with Gasteiger partial charge in [0.05, 0.1) is 0 Å². The van der Waals surface area contributed by atoms with Crippen LogP contribution in [0.1, 0.15) is 24.8 Å². The quantitative estimate of drug-likeness (QED) is 0.613. The van der Waals surface area contributed by atoms with Gasteiger partial charge in [0, 0.05) is 12.2 Å². The first-order valence-electron chi connectivity index (χ1n) is 6.16. The number of hydrogen-bond acceptors (Lipinski definition) is 2. The molecule has 1 atom stereocenters. The third-order valence-electron chi connectivity index (χ3n) is 4.03. The minimum atomic E-state index is 0.786. The number of fused-ring (bicyclic) bond motifs is 3. The van der Waals surface area contributed by atoms with Crippen molar-refractivity contribution in [2.24, 2.45) is 5.92 Å². The molecule has 86 valence electrons. The first-order valence-corrected chi connectivity index (χ1v) is 7.23. The Hall–Kier alpha value is -0.160. The predicted molar refractivity (Wildman–Crippen MR) is 73.4 cm³/mol. The summed E-state index contributed by atoms with van der Waals surface area (Å²) in [4.78, 5) is 7.05. The third-order valence-corrected chi connectivity index (χ3v) is 4.67. The molecule has 2 bridgehead atoms. The fourth-order valence-electron chi connectivity index (χ4n) is 3.10. The highest BCUT2D eigenvalue weighted by atomic mass is 127. The van der Waals surface area contributed by atoms with Gasteiger partial charge in [-0.15, -0.1) is 0 Å². The molecule has 0 saturated carbocycles. The average Bonchev–Trinajstić information content (AvgIpc) is 2.34. The van der Waals surface area contributed by atoms with E-state index in [1.54, 1.807) is 0 Å². The Labute approximate surface area is 111 Å². The van der Waals surface area contributed by atoms with E-state index >= 15 is 0 Å². The van der Waals surface area contributed by atoms with Gasteiger partial charge in [-0.1, -0.05) is 6.07 Å². The standard InChI is InChI=1S/C13H17IN2/c14-13-2-1-11(9-15-13)8-12-7-10-3-5-16(12)6-4-10/h1-2,9-10,12H,3-8H2. The summed E-state index contributed by atoms with van der Waals surface area (Å²) in [7, 11) is 0. The minimum absolute atomic E-state index is 0.786. The number of halogens is 1. The molecule has 0 N–H and O–H groups in total. The van der Waals surface area contributed by atoms with E-state index in [1.807, 2.05) is 6.20 Å². The van der Waals surface area contributed by atoms with Crippen LogP contribution in [-0.4, -0.2) is 29.0 Å². The molecule has 1 aromatic heterocycles. The lowest BCUT2D eigenvalue weighted by atomic mass is 9.81. The van der Waals surface area contributed by atoms with Crippen molar-refractivity contribution in [2.45, 2.75) is 31.7 Å². The molecule has 3 fully saturated rings. The van der Waals surface area contributed by atoms with Gasteiger partial charge in [0.25, 0.3) is 0 Å². The van der Waals surface area contributed by atoms with E-state index in [0.717, 1.165) is 15.7 Å². The molecule has 3 saturated heterocycles. The molecule has 16 heavy (non-hydrogen) atoms. The zero-order chi connectivity index (χ0) is 11.0. The van der Waals surface area contributed by atoms with Crippen molar-refractivity contribution in [2.75, 3.05) is 13.1 Å². The maximum atomic E-state index is 4.37. The van der Waals surface area contributed by atoms with Gasteiger partial charge in [0.1, 0.15) is 3.70 Å². The maximum Gasteiger partial charge on any atom is 0.101 e. The lowest BCUT2D eigenvalue weighted by molar-refractivity contribution is 0.0498. The molecule has 0 radical (unpaired) electrons. The summed E-state index contributed by atoms with van der Waals surface area (Å²) >= 11 is 2.26. The van der Waals surface area contributed by atoms with Crippen molar-refractivity contribution >= 4 is 22.6 Å². The Kier molecular flexibility index (Phi) is 3.16. The molecule has 3 heteroatoms. The zero-order valence-corrected chi connectivity index (χ0v) is 11.6. The van der Waals surface area contributed by atoms with Crippen LogP contribution in [0.15, 0.2) is 18.3 Å². The smallest absolute Gasteiger partial charge is 0.101 e. The van der Waals surface area contributed by atoms with E-state index < -0.39 is 0 Å². The van der Waals surface area contributed by atoms with Gasteiger partial charge in [0.15, 0.2) is 0 Å². The van der Waals surface area contributed by atoms with E-state index in [2.05, 4.69) is 44.6 Å². The number of hydrogen-bond donors (Lipinski definition) is 0. The van der Waals surface area contributed by atoms with E-state index in [4.69, 9.17) is 0 Å². The highest BCUT2D eigenvalue weighted by Crippen LogP contribution is 2.33. The first kappa shape index (κ1) is 11.0. The highest BCUT2D eigenvalue weighted by molar-refractivity contribution is 14.1.